The molecule has 0 spiro atoms. The summed E-state index contributed by atoms with van der Waals surface area (Å²) < 4.78 is 21.2. The van der Waals surface area contributed by atoms with Crippen LogP contribution in [0.2, 0.25) is 0 Å². The first kappa shape index (κ1) is 23.3. The first-order chi connectivity index (χ1) is 12.9. The lowest BCUT2D eigenvalue weighted by atomic mass is 9.98. The van der Waals surface area contributed by atoms with Crippen molar-refractivity contribution in [1.29, 1.82) is 0 Å². The van der Waals surface area contributed by atoms with E-state index in [2.05, 4.69) is 0 Å². The second kappa shape index (κ2) is 11.9. The van der Waals surface area contributed by atoms with Gasteiger partial charge in [-0.1, -0.05) is 20.8 Å². The minimum atomic E-state index is -1.64. The SMILES string of the molecule is CCCC(=O)O[C@@H]1[C@@H](OC(=O)CCC)[C@H](O)O[C@H](CO)[C@H]1OC(=O)CCC. The molecule has 9 nitrogen and oxygen atoms in total. The van der Waals surface area contributed by atoms with Gasteiger partial charge in [-0.3, -0.25) is 14.4 Å². The third-order valence-corrected chi connectivity index (χ3v) is 3.95. The number of rotatable bonds is 10. The molecule has 2 N–H and O–H groups in total. The third-order valence-electron chi connectivity index (χ3n) is 3.95. The number of esters is 3. The summed E-state index contributed by atoms with van der Waals surface area (Å²) in [6.07, 6.45) is -4.72. The maximum Gasteiger partial charge on any atom is 0.306 e. The van der Waals surface area contributed by atoms with Crippen LogP contribution in [0.25, 0.3) is 0 Å². The maximum absolute atomic E-state index is 12.0. The van der Waals surface area contributed by atoms with Crippen LogP contribution in [0.15, 0.2) is 0 Å². The number of hydrogen-bond donors (Lipinski definition) is 2. The number of ether oxygens (including phenoxy) is 4. The Morgan fingerprint density at radius 2 is 1.19 bits per heavy atom. The summed E-state index contributed by atoms with van der Waals surface area (Å²) in [4.78, 5) is 35.9. The normalized spacial score (nSPS) is 27.7. The molecule has 0 aromatic rings. The van der Waals surface area contributed by atoms with Gasteiger partial charge in [-0.05, 0) is 19.3 Å². The zero-order valence-electron chi connectivity index (χ0n) is 16.1. The third kappa shape index (κ3) is 7.08. The summed E-state index contributed by atoms with van der Waals surface area (Å²) in [6.45, 7) is 4.78. The highest BCUT2D eigenvalue weighted by Crippen LogP contribution is 2.28. The van der Waals surface area contributed by atoms with Gasteiger partial charge in [-0.2, -0.15) is 0 Å². The van der Waals surface area contributed by atoms with Crippen molar-refractivity contribution in [2.75, 3.05) is 6.61 Å². The summed E-state index contributed by atoms with van der Waals surface area (Å²) in [5.74, 6) is -1.78. The minimum Gasteiger partial charge on any atom is -0.455 e. The van der Waals surface area contributed by atoms with Crippen LogP contribution >= 0.6 is 0 Å². The Morgan fingerprint density at radius 3 is 1.59 bits per heavy atom. The van der Waals surface area contributed by atoms with Gasteiger partial charge >= 0.3 is 17.9 Å². The van der Waals surface area contributed by atoms with Gasteiger partial charge in [0, 0.05) is 19.3 Å². The van der Waals surface area contributed by atoms with Crippen LogP contribution in [0.4, 0.5) is 0 Å². The van der Waals surface area contributed by atoms with Gasteiger partial charge in [0.2, 0.25) is 0 Å². The van der Waals surface area contributed by atoms with Crippen molar-refractivity contribution in [1.82, 2.24) is 0 Å². The van der Waals surface area contributed by atoms with Crippen molar-refractivity contribution in [2.24, 2.45) is 0 Å². The Morgan fingerprint density at radius 1 is 0.778 bits per heavy atom. The van der Waals surface area contributed by atoms with Crippen molar-refractivity contribution in [2.45, 2.75) is 90.0 Å². The molecule has 1 fully saturated rings. The van der Waals surface area contributed by atoms with Crippen molar-refractivity contribution in [3.8, 4) is 0 Å². The Labute approximate surface area is 158 Å². The van der Waals surface area contributed by atoms with Gasteiger partial charge in [0.1, 0.15) is 6.10 Å². The molecule has 1 rings (SSSR count). The number of carbonyl (C=O) groups is 3. The predicted octanol–water partition coefficient (Wildman–Crippen LogP) is 0.832. The Bertz CT molecular complexity index is 493. The van der Waals surface area contributed by atoms with Crippen molar-refractivity contribution < 1.29 is 43.5 Å². The molecule has 1 saturated heterocycles. The van der Waals surface area contributed by atoms with E-state index < -0.39 is 55.2 Å². The highest BCUT2D eigenvalue weighted by atomic mass is 16.7. The fraction of sp³-hybridized carbons (Fsp3) is 0.833. The largest absolute Gasteiger partial charge is 0.455 e. The lowest BCUT2D eigenvalue weighted by Crippen LogP contribution is -2.62. The van der Waals surface area contributed by atoms with E-state index in [9.17, 15) is 24.6 Å². The van der Waals surface area contributed by atoms with Crippen LogP contribution in [-0.4, -0.2) is 65.4 Å². The highest BCUT2D eigenvalue weighted by Gasteiger charge is 2.51. The molecular formula is C18H30O9. The Kier molecular flexibility index (Phi) is 10.3. The summed E-state index contributed by atoms with van der Waals surface area (Å²) in [5, 5.41) is 19.8. The molecule has 156 valence electrons. The fourth-order valence-corrected chi connectivity index (χ4v) is 2.69. The van der Waals surface area contributed by atoms with E-state index in [-0.39, 0.29) is 19.3 Å². The van der Waals surface area contributed by atoms with Crippen LogP contribution < -0.4 is 0 Å². The summed E-state index contributed by atoms with van der Waals surface area (Å²) in [7, 11) is 0. The quantitative estimate of drug-likeness (QED) is 0.411. The smallest absolute Gasteiger partial charge is 0.306 e. The molecule has 1 heterocycles. The highest BCUT2D eigenvalue weighted by molar-refractivity contribution is 5.71. The number of aliphatic hydroxyl groups is 2. The standard InChI is InChI=1S/C18H30O9/c1-4-7-12(20)25-15-11(10-19)24-18(23)17(27-14(22)9-6-3)16(15)26-13(21)8-5-2/h11,15-19,23H,4-10H2,1-3H3/t11-,15-,16+,17-,18-/m1/s1. The molecule has 0 unspecified atom stereocenters. The van der Waals surface area contributed by atoms with E-state index in [1.54, 1.807) is 20.8 Å². The molecule has 0 radical (unpaired) electrons. The summed E-state index contributed by atoms with van der Waals surface area (Å²) in [6, 6.07) is 0. The second-order valence-corrected chi connectivity index (χ2v) is 6.36. The fourth-order valence-electron chi connectivity index (χ4n) is 2.69. The molecular weight excluding hydrogens is 360 g/mol. The van der Waals surface area contributed by atoms with E-state index >= 15 is 0 Å². The zero-order valence-corrected chi connectivity index (χ0v) is 16.1. The lowest BCUT2D eigenvalue weighted by Gasteiger charge is -2.42. The average Bonchev–Trinajstić information content (AvgIpc) is 2.60. The van der Waals surface area contributed by atoms with Gasteiger partial charge in [-0.15, -0.1) is 0 Å². The molecule has 0 amide bonds. The molecule has 0 bridgehead atoms. The van der Waals surface area contributed by atoms with E-state index in [1.165, 1.54) is 0 Å². The van der Waals surface area contributed by atoms with Crippen LogP contribution in [-0.2, 0) is 33.3 Å². The molecule has 0 aliphatic carbocycles. The number of aliphatic hydroxyl groups excluding tert-OH is 2. The van der Waals surface area contributed by atoms with Crippen LogP contribution in [0.5, 0.6) is 0 Å². The van der Waals surface area contributed by atoms with Crippen molar-refractivity contribution >= 4 is 17.9 Å². The van der Waals surface area contributed by atoms with Crippen LogP contribution in [0, 0.1) is 0 Å². The van der Waals surface area contributed by atoms with Crippen molar-refractivity contribution in [3.05, 3.63) is 0 Å². The average molecular weight is 390 g/mol. The molecule has 1 aliphatic heterocycles. The molecule has 9 heteroatoms. The van der Waals surface area contributed by atoms with Gasteiger partial charge in [0.05, 0.1) is 6.61 Å². The van der Waals surface area contributed by atoms with E-state index in [1.807, 2.05) is 0 Å². The van der Waals surface area contributed by atoms with Gasteiger partial charge < -0.3 is 29.2 Å². The topological polar surface area (TPSA) is 129 Å². The molecule has 27 heavy (non-hydrogen) atoms. The monoisotopic (exact) mass is 390 g/mol. The summed E-state index contributed by atoms with van der Waals surface area (Å²) >= 11 is 0. The molecule has 5 atom stereocenters. The number of hydrogen-bond acceptors (Lipinski definition) is 9. The Balaban J connectivity index is 3.10. The lowest BCUT2D eigenvalue weighted by molar-refractivity contribution is -0.296. The van der Waals surface area contributed by atoms with Crippen molar-refractivity contribution in [3.63, 3.8) is 0 Å². The molecule has 0 aromatic carbocycles. The molecule has 0 saturated carbocycles. The molecule has 1 aliphatic rings. The van der Waals surface area contributed by atoms with E-state index in [0.717, 1.165) is 0 Å². The van der Waals surface area contributed by atoms with Crippen LogP contribution in [0.1, 0.15) is 59.3 Å². The van der Waals surface area contributed by atoms with Gasteiger partial charge in [0.15, 0.2) is 24.6 Å². The van der Waals surface area contributed by atoms with E-state index in [4.69, 9.17) is 18.9 Å². The molecule has 0 aromatic heterocycles. The first-order valence-electron chi connectivity index (χ1n) is 9.40. The minimum absolute atomic E-state index is 0.0997. The maximum atomic E-state index is 12.0. The van der Waals surface area contributed by atoms with E-state index in [0.29, 0.717) is 19.3 Å². The second-order valence-electron chi connectivity index (χ2n) is 6.36. The van der Waals surface area contributed by atoms with Gasteiger partial charge in [-0.25, -0.2) is 0 Å². The van der Waals surface area contributed by atoms with Gasteiger partial charge in [0.25, 0.3) is 0 Å². The summed E-state index contributed by atoms with van der Waals surface area (Å²) in [5.41, 5.74) is 0. The van der Waals surface area contributed by atoms with Crippen LogP contribution in [0.3, 0.4) is 0 Å². The Hall–Kier alpha value is -1.71. The zero-order chi connectivity index (χ0) is 20.4. The predicted molar refractivity (Wildman–Crippen MR) is 92.3 cm³/mol. The first-order valence-corrected chi connectivity index (χ1v) is 9.40. The number of carbonyl (C=O) groups excluding carboxylic acids is 3.